The van der Waals surface area contributed by atoms with Crippen molar-refractivity contribution in [2.24, 2.45) is 0 Å². The van der Waals surface area contributed by atoms with E-state index in [1.54, 1.807) is 32.3 Å². The van der Waals surface area contributed by atoms with Crippen molar-refractivity contribution in [2.45, 2.75) is 44.5 Å². The number of aliphatic hydroxyl groups excluding tert-OH is 2. The number of carbonyl (C=O) groups is 1. The quantitative estimate of drug-likeness (QED) is 0.745. The fraction of sp³-hybridized carbons (Fsp3) is 0.471. The van der Waals surface area contributed by atoms with Crippen LogP contribution in [-0.4, -0.2) is 53.8 Å². The Morgan fingerprint density at radius 3 is 2.54 bits per heavy atom. The maximum Gasteiger partial charge on any atom is 0.229 e. The molecule has 0 spiro atoms. The van der Waals surface area contributed by atoms with Crippen LogP contribution < -0.4 is 10.1 Å². The lowest BCUT2D eigenvalue weighted by molar-refractivity contribution is -0.242. The van der Waals surface area contributed by atoms with Crippen LogP contribution in [-0.2, 0) is 9.53 Å². The summed E-state index contributed by atoms with van der Waals surface area (Å²) in [5, 5.41) is 26.9. The summed E-state index contributed by atoms with van der Waals surface area (Å²) in [5.41, 5.74) is 0.956. The molecule has 1 fully saturated rings. The molecule has 7 heteroatoms. The van der Waals surface area contributed by atoms with Crippen molar-refractivity contribution in [1.82, 2.24) is 5.32 Å². The van der Waals surface area contributed by atoms with Gasteiger partial charge in [0, 0.05) is 6.92 Å². The van der Waals surface area contributed by atoms with Crippen LogP contribution in [0, 0.1) is 0 Å². The lowest BCUT2D eigenvalue weighted by Crippen LogP contribution is -2.63. The Balaban J connectivity index is 2.02. The van der Waals surface area contributed by atoms with E-state index >= 15 is 0 Å². The molecule has 0 aliphatic carbocycles. The standard InChI is InChI=1S/C17H23N2O5/c1-10-14(19-11(2)20)15(21)16(22)17(23-10)24-13-6-4-12(5-7-13)8-9-18-3/h4-10,14-17,21-22H,1-3H3,(H,19,20)/q-1/b9-8+/t10-,14+,15+,16-,17+/m1/s1. The zero-order chi connectivity index (χ0) is 17.7. The molecule has 0 radical (unpaired) electrons. The average Bonchev–Trinajstić information content (AvgIpc) is 2.55. The second kappa shape index (κ2) is 8.14. The van der Waals surface area contributed by atoms with Crippen LogP contribution in [0.5, 0.6) is 5.75 Å². The Morgan fingerprint density at radius 2 is 1.96 bits per heavy atom. The normalized spacial score (nSPS) is 30.1. The molecular formula is C17H23N2O5-. The van der Waals surface area contributed by atoms with Gasteiger partial charge in [-0.05, 0) is 24.6 Å². The molecule has 0 saturated carbocycles. The van der Waals surface area contributed by atoms with E-state index < -0.39 is 30.6 Å². The third-order valence-electron chi connectivity index (χ3n) is 3.77. The molecule has 1 saturated heterocycles. The molecule has 0 unspecified atom stereocenters. The Morgan fingerprint density at radius 1 is 1.29 bits per heavy atom. The van der Waals surface area contributed by atoms with Gasteiger partial charge in [-0.3, -0.25) is 4.79 Å². The van der Waals surface area contributed by atoms with E-state index in [0.717, 1.165) is 5.56 Å². The molecule has 0 aromatic heterocycles. The monoisotopic (exact) mass is 335 g/mol. The number of benzene rings is 1. The molecule has 2 rings (SSSR count). The summed E-state index contributed by atoms with van der Waals surface area (Å²) < 4.78 is 11.2. The van der Waals surface area contributed by atoms with Crippen LogP contribution in [0.1, 0.15) is 19.4 Å². The van der Waals surface area contributed by atoms with Gasteiger partial charge in [0.05, 0.1) is 12.1 Å². The molecule has 1 amide bonds. The summed E-state index contributed by atoms with van der Waals surface area (Å²) in [7, 11) is 1.69. The van der Waals surface area contributed by atoms with Crippen LogP contribution in [0.3, 0.4) is 0 Å². The average molecular weight is 335 g/mol. The van der Waals surface area contributed by atoms with Gasteiger partial charge in [-0.25, -0.2) is 0 Å². The SMILES string of the molecule is C[N-]/C=C/c1ccc(O[C@@H]2O[C@H](C)[C@H](NC(C)=O)[C@H](O)[C@H]2O)cc1. The number of rotatable bonds is 5. The fourth-order valence-electron chi connectivity index (χ4n) is 2.51. The summed E-state index contributed by atoms with van der Waals surface area (Å²) in [6.07, 6.45) is -0.464. The first-order valence-electron chi connectivity index (χ1n) is 7.73. The van der Waals surface area contributed by atoms with Gasteiger partial charge in [-0.1, -0.05) is 18.2 Å². The molecular weight excluding hydrogens is 312 g/mol. The first-order valence-corrected chi connectivity index (χ1v) is 7.73. The van der Waals surface area contributed by atoms with Gasteiger partial charge in [-0.15, -0.1) is 7.05 Å². The smallest absolute Gasteiger partial charge is 0.229 e. The maximum absolute atomic E-state index is 11.2. The van der Waals surface area contributed by atoms with Gasteiger partial charge in [-0.2, -0.15) is 6.20 Å². The van der Waals surface area contributed by atoms with Gasteiger partial charge in [0.25, 0.3) is 0 Å². The number of amides is 1. The lowest BCUT2D eigenvalue weighted by Gasteiger charge is -2.41. The number of carbonyl (C=O) groups excluding carboxylic acids is 1. The molecule has 1 aromatic carbocycles. The highest BCUT2D eigenvalue weighted by Crippen LogP contribution is 2.24. The summed E-state index contributed by atoms with van der Waals surface area (Å²) in [4.78, 5) is 11.2. The fourth-order valence-corrected chi connectivity index (χ4v) is 2.51. The number of nitrogens with one attached hydrogen (secondary N) is 1. The second-order valence-corrected chi connectivity index (χ2v) is 5.68. The topological polar surface area (TPSA) is 102 Å². The van der Waals surface area contributed by atoms with E-state index in [1.807, 2.05) is 18.2 Å². The molecule has 132 valence electrons. The van der Waals surface area contributed by atoms with Gasteiger partial charge in [0.15, 0.2) is 0 Å². The maximum atomic E-state index is 11.2. The minimum absolute atomic E-state index is 0.302. The first-order chi connectivity index (χ1) is 11.4. The minimum atomic E-state index is -1.28. The summed E-state index contributed by atoms with van der Waals surface area (Å²) in [6, 6.07) is 6.46. The molecule has 1 heterocycles. The molecule has 3 N–H and O–H groups in total. The highest BCUT2D eigenvalue weighted by Gasteiger charge is 2.44. The molecule has 1 aromatic rings. The molecule has 1 aliphatic rings. The Hall–Kier alpha value is -2.09. The zero-order valence-corrected chi connectivity index (χ0v) is 13.9. The van der Waals surface area contributed by atoms with Crippen LogP contribution >= 0.6 is 0 Å². The van der Waals surface area contributed by atoms with Crippen LogP contribution in [0.25, 0.3) is 11.4 Å². The second-order valence-electron chi connectivity index (χ2n) is 5.68. The van der Waals surface area contributed by atoms with Gasteiger partial charge >= 0.3 is 0 Å². The van der Waals surface area contributed by atoms with E-state index in [-0.39, 0.29) is 5.91 Å². The van der Waals surface area contributed by atoms with Crippen LogP contribution in [0.2, 0.25) is 0 Å². The van der Waals surface area contributed by atoms with Crippen molar-refractivity contribution in [1.29, 1.82) is 0 Å². The first kappa shape index (κ1) is 18.3. The van der Waals surface area contributed by atoms with Crippen LogP contribution in [0.4, 0.5) is 0 Å². The molecule has 7 nitrogen and oxygen atoms in total. The molecule has 0 bridgehead atoms. The number of aliphatic hydroxyl groups is 2. The van der Waals surface area contributed by atoms with E-state index in [2.05, 4.69) is 10.6 Å². The number of ether oxygens (including phenoxy) is 2. The lowest BCUT2D eigenvalue weighted by atomic mass is 9.97. The molecule has 1 aliphatic heterocycles. The van der Waals surface area contributed by atoms with E-state index in [0.29, 0.717) is 5.75 Å². The number of hydrogen-bond donors (Lipinski definition) is 3. The van der Waals surface area contributed by atoms with E-state index in [1.165, 1.54) is 6.92 Å². The molecule has 24 heavy (non-hydrogen) atoms. The minimum Gasteiger partial charge on any atom is -0.693 e. The number of hydrogen-bond acceptors (Lipinski definition) is 5. The van der Waals surface area contributed by atoms with E-state index in [4.69, 9.17) is 9.47 Å². The van der Waals surface area contributed by atoms with E-state index in [9.17, 15) is 15.0 Å². The highest BCUT2D eigenvalue weighted by atomic mass is 16.7. The van der Waals surface area contributed by atoms with Crippen molar-refractivity contribution in [3.8, 4) is 5.75 Å². The molecule has 5 atom stereocenters. The number of nitrogens with zero attached hydrogens (tertiary/aromatic N) is 1. The summed E-state index contributed by atoms with van der Waals surface area (Å²) in [6.45, 7) is 3.05. The predicted octanol–water partition coefficient (Wildman–Crippen LogP) is 1.01. The zero-order valence-electron chi connectivity index (χ0n) is 13.9. The Kier molecular flexibility index (Phi) is 6.19. The highest BCUT2D eigenvalue weighted by molar-refractivity contribution is 5.73. The van der Waals surface area contributed by atoms with Gasteiger partial charge < -0.3 is 30.3 Å². The predicted molar refractivity (Wildman–Crippen MR) is 89.3 cm³/mol. The third-order valence-corrected chi connectivity index (χ3v) is 3.77. The van der Waals surface area contributed by atoms with Crippen molar-refractivity contribution in [2.75, 3.05) is 7.05 Å². The Labute approximate surface area is 141 Å². The van der Waals surface area contributed by atoms with Crippen molar-refractivity contribution in [3.63, 3.8) is 0 Å². The van der Waals surface area contributed by atoms with Crippen molar-refractivity contribution in [3.05, 3.63) is 41.3 Å². The van der Waals surface area contributed by atoms with Crippen molar-refractivity contribution < 1.29 is 24.5 Å². The largest absolute Gasteiger partial charge is 0.693 e. The summed E-state index contributed by atoms with van der Waals surface area (Å²) >= 11 is 0. The van der Waals surface area contributed by atoms with Crippen LogP contribution in [0.15, 0.2) is 30.5 Å². The Bertz CT molecular complexity index is 575. The summed E-state index contributed by atoms with van der Waals surface area (Å²) in [5.74, 6) is 0.200. The van der Waals surface area contributed by atoms with Gasteiger partial charge in [0.2, 0.25) is 12.2 Å². The van der Waals surface area contributed by atoms with Gasteiger partial charge in [0.1, 0.15) is 18.0 Å². The third kappa shape index (κ3) is 4.47. The van der Waals surface area contributed by atoms with Crippen molar-refractivity contribution >= 4 is 12.0 Å².